The van der Waals surface area contributed by atoms with Crippen molar-refractivity contribution >= 4 is 11.6 Å². The second kappa shape index (κ2) is 6.64. The van der Waals surface area contributed by atoms with Crippen LogP contribution >= 0.6 is 11.6 Å². The summed E-state index contributed by atoms with van der Waals surface area (Å²) in [5.41, 5.74) is 3.33. The topological polar surface area (TPSA) is 30.5 Å². The Morgan fingerprint density at radius 1 is 1.00 bits per heavy atom. The Bertz CT molecular complexity index is 599. The van der Waals surface area contributed by atoms with Gasteiger partial charge in [-0.05, 0) is 48.0 Å². The maximum absolute atomic E-state index is 6.12. The Labute approximate surface area is 124 Å². The van der Waals surface area contributed by atoms with Crippen LogP contribution in [-0.2, 0) is 6.54 Å². The van der Waals surface area contributed by atoms with Crippen LogP contribution in [0.15, 0.2) is 36.4 Å². The highest BCUT2D eigenvalue weighted by Gasteiger charge is 2.10. The molecule has 1 N–H and O–H groups in total. The molecule has 2 rings (SSSR count). The van der Waals surface area contributed by atoms with Crippen LogP contribution in [0.3, 0.4) is 0 Å². The Kier molecular flexibility index (Phi) is 4.88. The molecule has 3 nitrogen and oxygen atoms in total. The van der Waals surface area contributed by atoms with Crippen molar-refractivity contribution in [3.63, 3.8) is 0 Å². The summed E-state index contributed by atoms with van der Waals surface area (Å²) in [6.07, 6.45) is 0. The maximum atomic E-state index is 6.12. The van der Waals surface area contributed by atoms with Gasteiger partial charge in [0.2, 0.25) is 0 Å². The molecular weight excluding hydrogens is 274 g/mol. The van der Waals surface area contributed by atoms with Crippen LogP contribution in [0.25, 0.3) is 11.1 Å². The molecule has 0 heterocycles. The molecule has 4 heteroatoms. The van der Waals surface area contributed by atoms with E-state index in [1.54, 1.807) is 14.2 Å². The van der Waals surface area contributed by atoms with Crippen LogP contribution in [0.4, 0.5) is 0 Å². The van der Waals surface area contributed by atoms with Crippen molar-refractivity contribution in [1.29, 1.82) is 0 Å². The molecule has 0 saturated heterocycles. The lowest BCUT2D eigenvalue weighted by molar-refractivity contribution is 0.355. The summed E-state index contributed by atoms with van der Waals surface area (Å²) < 4.78 is 10.6. The van der Waals surface area contributed by atoms with Crippen molar-refractivity contribution < 1.29 is 9.47 Å². The molecule has 0 amide bonds. The quantitative estimate of drug-likeness (QED) is 0.910. The summed E-state index contributed by atoms with van der Waals surface area (Å²) in [5.74, 6) is 1.42. The van der Waals surface area contributed by atoms with Crippen LogP contribution < -0.4 is 14.8 Å². The third kappa shape index (κ3) is 3.06. The fraction of sp³-hybridized carbons (Fsp3) is 0.250. The average Bonchev–Trinajstić information content (AvgIpc) is 2.48. The summed E-state index contributed by atoms with van der Waals surface area (Å²) in [5, 5.41) is 3.88. The lowest BCUT2D eigenvalue weighted by atomic mass is 9.99. The van der Waals surface area contributed by atoms with E-state index in [1.165, 1.54) is 5.56 Å². The molecule has 106 valence electrons. The maximum Gasteiger partial charge on any atom is 0.161 e. The molecule has 20 heavy (non-hydrogen) atoms. The first kappa shape index (κ1) is 14.7. The van der Waals surface area contributed by atoms with Gasteiger partial charge >= 0.3 is 0 Å². The van der Waals surface area contributed by atoms with Crippen LogP contribution in [0.1, 0.15) is 5.56 Å². The predicted molar refractivity (Wildman–Crippen MR) is 82.8 cm³/mol. The number of methoxy groups -OCH3 is 2. The molecule has 0 saturated carbocycles. The molecule has 0 radical (unpaired) electrons. The van der Waals surface area contributed by atoms with Crippen LogP contribution in [-0.4, -0.2) is 21.3 Å². The molecule has 2 aromatic rings. The Balaban J connectivity index is 2.52. The zero-order chi connectivity index (χ0) is 14.5. The van der Waals surface area contributed by atoms with E-state index in [0.29, 0.717) is 11.5 Å². The summed E-state index contributed by atoms with van der Waals surface area (Å²) in [7, 11) is 5.18. The molecule has 0 aliphatic carbocycles. The molecule has 0 bridgehead atoms. The second-order valence-electron chi connectivity index (χ2n) is 4.40. The monoisotopic (exact) mass is 291 g/mol. The normalized spacial score (nSPS) is 10.4. The summed E-state index contributed by atoms with van der Waals surface area (Å²) >= 11 is 6.12. The van der Waals surface area contributed by atoms with E-state index < -0.39 is 0 Å². The molecule has 0 aliphatic heterocycles. The zero-order valence-corrected chi connectivity index (χ0v) is 12.6. The number of benzene rings is 2. The molecule has 0 atom stereocenters. The average molecular weight is 292 g/mol. The number of ether oxygens (including phenoxy) is 2. The van der Waals surface area contributed by atoms with Crippen molar-refractivity contribution in [2.24, 2.45) is 0 Å². The van der Waals surface area contributed by atoms with E-state index in [9.17, 15) is 0 Å². The van der Waals surface area contributed by atoms with Gasteiger partial charge in [0.15, 0.2) is 11.5 Å². The lowest BCUT2D eigenvalue weighted by Gasteiger charge is -2.13. The van der Waals surface area contributed by atoms with Gasteiger partial charge < -0.3 is 14.8 Å². The number of hydrogen-bond donors (Lipinski definition) is 1. The minimum absolute atomic E-state index is 0.709. The lowest BCUT2D eigenvalue weighted by Crippen LogP contribution is -2.06. The van der Waals surface area contributed by atoms with Gasteiger partial charge in [-0.1, -0.05) is 23.7 Å². The number of rotatable bonds is 5. The molecular formula is C16H18ClNO2. The molecule has 0 aliphatic rings. The van der Waals surface area contributed by atoms with Crippen LogP contribution in [0.5, 0.6) is 11.5 Å². The van der Waals surface area contributed by atoms with Crippen molar-refractivity contribution in [3.8, 4) is 22.6 Å². The SMILES string of the molecule is CNCc1ccc(Cl)cc1-c1ccc(OC)c(OC)c1. The molecule has 0 unspecified atom stereocenters. The minimum atomic E-state index is 0.709. The van der Waals surface area contributed by atoms with Gasteiger partial charge in [-0.25, -0.2) is 0 Å². The summed E-state index contributed by atoms with van der Waals surface area (Å²) in [6.45, 7) is 0.779. The van der Waals surface area contributed by atoms with E-state index >= 15 is 0 Å². The van der Waals surface area contributed by atoms with E-state index in [-0.39, 0.29) is 0 Å². The van der Waals surface area contributed by atoms with Crippen molar-refractivity contribution in [2.75, 3.05) is 21.3 Å². The van der Waals surface area contributed by atoms with Gasteiger partial charge in [0.25, 0.3) is 0 Å². The summed E-state index contributed by atoms with van der Waals surface area (Å²) in [6, 6.07) is 11.8. The van der Waals surface area contributed by atoms with E-state index in [0.717, 1.165) is 22.7 Å². The molecule has 0 fully saturated rings. The molecule has 0 aromatic heterocycles. The van der Waals surface area contributed by atoms with Crippen molar-refractivity contribution in [1.82, 2.24) is 5.32 Å². The highest BCUT2D eigenvalue weighted by Crippen LogP contribution is 2.34. The van der Waals surface area contributed by atoms with Gasteiger partial charge in [-0.15, -0.1) is 0 Å². The molecule has 2 aromatic carbocycles. The van der Waals surface area contributed by atoms with Crippen LogP contribution in [0, 0.1) is 0 Å². The van der Waals surface area contributed by atoms with Gasteiger partial charge in [0.1, 0.15) is 0 Å². The Morgan fingerprint density at radius 2 is 1.75 bits per heavy atom. The van der Waals surface area contributed by atoms with Gasteiger partial charge in [0, 0.05) is 11.6 Å². The third-order valence-corrected chi connectivity index (χ3v) is 3.37. The predicted octanol–water partition coefficient (Wildman–Crippen LogP) is 3.74. The Morgan fingerprint density at radius 3 is 2.40 bits per heavy atom. The van der Waals surface area contributed by atoms with E-state index in [1.807, 2.05) is 43.4 Å². The Hall–Kier alpha value is -1.71. The van der Waals surface area contributed by atoms with E-state index in [4.69, 9.17) is 21.1 Å². The fourth-order valence-corrected chi connectivity index (χ4v) is 2.34. The smallest absolute Gasteiger partial charge is 0.161 e. The highest BCUT2D eigenvalue weighted by atomic mass is 35.5. The molecule has 0 spiro atoms. The first-order valence-corrected chi connectivity index (χ1v) is 6.72. The highest BCUT2D eigenvalue weighted by molar-refractivity contribution is 6.30. The largest absolute Gasteiger partial charge is 0.493 e. The number of hydrogen-bond acceptors (Lipinski definition) is 3. The number of halogens is 1. The van der Waals surface area contributed by atoms with Crippen LogP contribution in [0.2, 0.25) is 5.02 Å². The summed E-state index contributed by atoms with van der Waals surface area (Å²) in [4.78, 5) is 0. The first-order chi connectivity index (χ1) is 9.69. The standard InChI is InChI=1S/C16H18ClNO2/c1-18-10-12-4-6-13(17)9-14(12)11-5-7-15(19-2)16(8-11)20-3/h4-9,18H,10H2,1-3H3. The van der Waals surface area contributed by atoms with Crippen molar-refractivity contribution in [2.45, 2.75) is 6.54 Å². The van der Waals surface area contributed by atoms with E-state index in [2.05, 4.69) is 5.32 Å². The third-order valence-electron chi connectivity index (χ3n) is 3.13. The second-order valence-corrected chi connectivity index (χ2v) is 4.84. The van der Waals surface area contributed by atoms with Gasteiger partial charge in [-0.3, -0.25) is 0 Å². The zero-order valence-electron chi connectivity index (χ0n) is 11.9. The van der Waals surface area contributed by atoms with Crippen molar-refractivity contribution in [3.05, 3.63) is 47.0 Å². The van der Waals surface area contributed by atoms with Gasteiger partial charge in [-0.2, -0.15) is 0 Å². The van der Waals surface area contributed by atoms with Gasteiger partial charge in [0.05, 0.1) is 14.2 Å². The fourth-order valence-electron chi connectivity index (χ4n) is 2.17. The minimum Gasteiger partial charge on any atom is -0.493 e. The first-order valence-electron chi connectivity index (χ1n) is 6.35. The number of nitrogens with one attached hydrogen (secondary N) is 1.